The van der Waals surface area contributed by atoms with Crippen LogP contribution >= 0.6 is 0 Å². The molecule has 2 rings (SSSR count). The summed E-state index contributed by atoms with van der Waals surface area (Å²) in [5.74, 6) is 0. The molecule has 0 aromatic heterocycles. The molecule has 0 radical (unpaired) electrons. The molecule has 0 saturated carbocycles. The fraction of sp³-hybridized carbons (Fsp3) is 0.625. The molecule has 18 heavy (non-hydrogen) atoms. The molecule has 1 N–H and O–H groups in total. The Bertz CT molecular complexity index is 410. The summed E-state index contributed by atoms with van der Waals surface area (Å²) in [7, 11) is 4.23. The number of hydrogen-bond acceptors (Lipinski definition) is 2. The van der Waals surface area contributed by atoms with Gasteiger partial charge in [-0.1, -0.05) is 18.2 Å². The fourth-order valence-corrected chi connectivity index (χ4v) is 2.78. The van der Waals surface area contributed by atoms with Gasteiger partial charge in [-0.05, 0) is 63.9 Å². The van der Waals surface area contributed by atoms with Crippen LogP contribution in [0.5, 0.6) is 0 Å². The number of aryl methyl sites for hydroxylation is 2. The van der Waals surface area contributed by atoms with Gasteiger partial charge in [0.25, 0.3) is 0 Å². The Kier molecular flexibility index (Phi) is 4.08. The van der Waals surface area contributed by atoms with Crippen molar-refractivity contribution in [2.24, 2.45) is 0 Å². The molecular formula is C16H26N2. The average molecular weight is 246 g/mol. The van der Waals surface area contributed by atoms with Crippen molar-refractivity contribution in [3.05, 3.63) is 34.9 Å². The van der Waals surface area contributed by atoms with Crippen LogP contribution in [0.1, 0.15) is 37.0 Å². The third-order valence-electron chi connectivity index (χ3n) is 4.23. The Morgan fingerprint density at radius 3 is 2.67 bits per heavy atom. The van der Waals surface area contributed by atoms with Crippen molar-refractivity contribution in [2.45, 2.75) is 45.2 Å². The molecule has 2 heteroatoms. The highest BCUT2D eigenvalue weighted by atomic mass is 15.2. The van der Waals surface area contributed by atoms with E-state index in [4.69, 9.17) is 0 Å². The van der Waals surface area contributed by atoms with Gasteiger partial charge in [0.05, 0.1) is 0 Å². The first-order valence-electron chi connectivity index (χ1n) is 6.99. The van der Waals surface area contributed by atoms with Crippen LogP contribution in [0.15, 0.2) is 18.2 Å². The van der Waals surface area contributed by atoms with Crippen LogP contribution < -0.4 is 5.32 Å². The van der Waals surface area contributed by atoms with Crippen molar-refractivity contribution in [2.75, 3.05) is 20.6 Å². The van der Waals surface area contributed by atoms with Gasteiger partial charge in [-0.2, -0.15) is 0 Å². The molecule has 2 nitrogen and oxygen atoms in total. The number of fused-ring (bicyclic) bond motifs is 1. The van der Waals surface area contributed by atoms with E-state index in [9.17, 15) is 0 Å². The maximum atomic E-state index is 3.27. The number of likely N-dealkylation sites (N-methyl/N-ethyl adjacent to an activating group) is 2. The monoisotopic (exact) mass is 246 g/mol. The van der Waals surface area contributed by atoms with E-state index >= 15 is 0 Å². The molecule has 1 aromatic rings. The third-order valence-corrected chi connectivity index (χ3v) is 4.23. The lowest BCUT2D eigenvalue weighted by molar-refractivity contribution is 0.147. The first kappa shape index (κ1) is 13.6. The minimum atomic E-state index is 0.188. The normalized spacial score (nSPS) is 15.2. The first-order chi connectivity index (χ1) is 8.53. The summed E-state index contributed by atoms with van der Waals surface area (Å²) >= 11 is 0. The minimum Gasteiger partial charge on any atom is -0.318 e. The van der Waals surface area contributed by atoms with Crippen molar-refractivity contribution in [3.8, 4) is 0 Å². The largest absolute Gasteiger partial charge is 0.318 e. The van der Waals surface area contributed by atoms with Crippen LogP contribution in [-0.2, 0) is 19.4 Å². The van der Waals surface area contributed by atoms with E-state index in [1.165, 1.54) is 24.8 Å². The zero-order chi connectivity index (χ0) is 13.2. The van der Waals surface area contributed by atoms with Crippen LogP contribution in [0.2, 0.25) is 0 Å². The second kappa shape index (κ2) is 5.41. The second-order valence-electron chi connectivity index (χ2n) is 6.16. The van der Waals surface area contributed by atoms with E-state index < -0.39 is 0 Å². The highest BCUT2D eigenvalue weighted by Crippen LogP contribution is 2.24. The van der Waals surface area contributed by atoms with Gasteiger partial charge >= 0.3 is 0 Å². The highest BCUT2D eigenvalue weighted by molar-refractivity contribution is 5.35. The number of nitrogens with zero attached hydrogens (tertiary/aromatic N) is 1. The summed E-state index contributed by atoms with van der Waals surface area (Å²) in [5.41, 5.74) is 4.78. The van der Waals surface area contributed by atoms with E-state index in [0.717, 1.165) is 13.1 Å². The lowest BCUT2D eigenvalue weighted by Gasteiger charge is -2.35. The molecule has 0 amide bonds. The Hall–Kier alpha value is -0.860. The summed E-state index contributed by atoms with van der Waals surface area (Å²) in [6.07, 6.45) is 3.88. The van der Waals surface area contributed by atoms with Gasteiger partial charge in [0.1, 0.15) is 0 Å². The lowest BCUT2D eigenvalue weighted by Crippen LogP contribution is -2.47. The van der Waals surface area contributed by atoms with Crippen molar-refractivity contribution in [1.82, 2.24) is 10.2 Å². The highest BCUT2D eigenvalue weighted by Gasteiger charge is 2.22. The molecule has 1 aliphatic carbocycles. The van der Waals surface area contributed by atoms with Crippen molar-refractivity contribution in [1.29, 1.82) is 0 Å². The number of rotatable bonds is 5. The Balaban J connectivity index is 2.05. The van der Waals surface area contributed by atoms with Gasteiger partial charge in [0, 0.05) is 18.6 Å². The second-order valence-corrected chi connectivity index (χ2v) is 6.16. The van der Waals surface area contributed by atoms with Crippen molar-refractivity contribution < 1.29 is 0 Å². The molecular weight excluding hydrogens is 220 g/mol. The zero-order valence-electron chi connectivity index (χ0n) is 12.2. The molecule has 1 aromatic carbocycles. The van der Waals surface area contributed by atoms with Crippen LogP contribution in [0.25, 0.3) is 0 Å². The average Bonchev–Trinajstić information content (AvgIpc) is 2.76. The van der Waals surface area contributed by atoms with Gasteiger partial charge in [-0.15, -0.1) is 0 Å². The molecule has 0 saturated heterocycles. The first-order valence-corrected chi connectivity index (χ1v) is 6.99. The maximum absolute atomic E-state index is 3.27. The Labute approximate surface area is 111 Å². The Morgan fingerprint density at radius 2 is 1.94 bits per heavy atom. The fourth-order valence-electron chi connectivity index (χ4n) is 2.78. The van der Waals surface area contributed by atoms with E-state index in [-0.39, 0.29) is 5.54 Å². The molecule has 0 fully saturated rings. The van der Waals surface area contributed by atoms with E-state index in [1.54, 1.807) is 11.1 Å². The standard InChI is InChI=1S/C16H26N2/c1-16(2,12-17-3)18(4)11-13-8-9-14-6-5-7-15(14)10-13/h8-10,17H,5-7,11-12H2,1-4H3. The van der Waals surface area contributed by atoms with Gasteiger partial charge in [-0.3, -0.25) is 4.90 Å². The molecule has 0 unspecified atom stereocenters. The molecule has 0 aliphatic heterocycles. The maximum Gasteiger partial charge on any atom is 0.0278 e. The molecule has 1 aliphatic rings. The summed E-state index contributed by atoms with van der Waals surface area (Å²) in [6, 6.07) is 7.04. The predicted molar refractivity (Wildman–Crippen MR) is 77.9 cm³/mol. The summed E-state index contributed by atoms with van der Waals surface area (Å²) in [5, 5.41) is 3.27. The smallest absolute Gasteiger partial charge is 0.0278 e. The molecule has 0 bridgehead atoms. The molecule has 0 heterocycles. The summed E-state index contributed by atoms with van der Waals surface area (Å²) in [4.78, 5) is 2.43. The lowest BCUT2D eigenvalue weighted by atomic mass is 10.0. The number of benzene rings is 1. The molecule has 0 spiro atoms. The van der Waals surface area contributed by atoms with Crippen molar-refractivity contribution >= 4 is 0 Å². The van der Waals surface area contributed by atoms with E-state index in [1.807, 2.05) is 7.05 Å². The van der Waals surface area contributed by atoms with Crippen LogP contribution in [0.3, 0.4) is 0 Å². The molecule has 0 atom stereocenters. The van der Waals surface area contributed by atoms with Crippen LogP contribution in [-0.4, -0.2) is 31.1 Å². The number of nitrogens with one attached hydrogen (secondary N) is 1. The van der Waals surface area contributed by atoms with Gasteiger partial charge < -0.3 is 5.32 Å². The third kappa shape index (κ3) is 2.93. The number of hydrogen-bond donors (Lipinski definition) is 1. The quantitative estimate of drug-likeness (QED) is 0.859. The zero-order valence-corrected chi connectivity index (χ0v) is 12.2. The summed E-state index contributed by atoms with van der Waals surface area (Å²) in [6.45, 7) is 6.62. The minimum absolute atomic E-state index is 0.188. The molecule has 100 valence electrons. The van der Waals surface area contributed by atoms with Gasteiger partial charge in [0.2, 0.25) is 0 Å². The van der Waals surface area contributed by atoms with E-state index in [2.05, 4.69) is 49.3 Å². The topological polar surface area (TPSA) is 15.3 Å². The van der Waals surface area contributed by atoms with E-state index in [0.29, 0.717) is 0 Å². The Morgan fingerprint density at radius 1 is 1.22 bits per heavy atom. The van der Waals surface area contributed by atoms with Gasteiger partial charge in [0.15, 0.2) is 0 Å². The van der Waals surface area contributed by atoms with Crippen molar-refractivity contribution in [3.63, 3.8) is 0 Å². The van der Waals surface area contributed by atoms with Gasteiger partial charge in [-0.25, -0.2) is 0 Å². The predicted octanol–water partition coefficient (Wildman–Crippen LogP) is 2.61. The SMILES string of the molecule is CNCC(C)(C)N(C)Cc1ccc2c(c1)CCC2. The van der Waals surface area contributed by atoms with Crippen LogP contribution in [0, 0.1) is 0 Å². The summed E-state index contributed by atoms with van der Waals surface area (Å²) < 4.78 is 0. The van der Waals surface area contributed by atoms with Crippen LogP contribution in [0.4, 0.5) is 0 Å².